The van der Waals surface area contributed by atoms with Crippen LogP contribution in [0.4, 0.5) is 0 Å². The summed E-state index contributed by atoms with van der Waals surface area (Å²) in [6, 6.07) is 5.43. The van der Waals surface area contributed by atoms with Gasteiger partial charge in [-0.2, -0.15) is 0 Å². The van der Waals surface area contributed by atoms with E-state index in [-0.39, 0.29) is 5.91 Å². The monoisotopic (exact) mass is 277 g/mol. The Morgan fingerprint density at radius 1 is 1.45 bits per heavy atom. The molecule has 0 atom stereocenters. The fraction of sp³-hybridized carbons (Fsp3) is 0.438. The van der Waals surface area contributed by atoms with E-state index in [2.05, 4.69) is 11.9 Å². The predicted octanol–water partition coefficient (Wildman–Crippen LogP) is 2.58. The van der Waals surface area contributed by atoms with Gasteiger partial charge in [-0.1, -0.05) is 6.08 Å². The van der Waals surface area contributed by atoms with Crippen molar-refractivity contribution < 1.29 is 14.3 Å². The van der Waals surface area contributed by atoms with Crippen LogP contribution in [0.25, 0.3) is 0 Å². The number of carbonyl (C=O) groups excluding carboxylic acids is 1. The molecule has 0 bridgehead atoms. The van der Waals surface area contributed by atoms with Gasteiger partial charge in [-0.05, 0) is 43.5 Å². The molecule has 0 aliphatic heterocycles. The summed E-state index contributed by atoms with van der Waals surface area (Å²) >= 11 is 0. The van der Waals surface area contributed by atoms with Gasteiger partial charge in [0.05, 0.1) is 7.11 Å². The lowest BCUT2D eigenvalue weighted by Crippen LogP contribution is -2.25. The van der Waals surface area contributed by atoms with Crippen molar-refractivity contribution >= 4 is 5.91 Å². The molecule has 1 rings (SSSR count). The van der Waals surface area contributed by atoms with Crippen LogP contribution in [0, 0.1) is 0 Å². The number of ether oxygens (including phenoxy) is 2. The maximum absolute atomic E-state index is 12.0. The third-order valence-electron chi connectivity index (χ3n) is 2.86. The van der Waals surface area contributed by atoms with Gasteiger partial charge in [-0.25, -0.2) is 0 Å². The van der Waals surface area contributed by atoms with Crippen molar-refractivity contribution in [2.24, 2.45) is 0 Å². The third-order valence-corrected chi connectivity index (χ3v) is 2.86. The van der Waals surface area contributed by atoms with Crippen LogP contribution in [0.2, 0.25) is 0 Å². The van der Waals surface area contributed by atoms with Gasteiger partial charge in [0.25, 0.3) is 5.91 Å². The van der Waals surface area contributed by atoms with Gasteiger partial charge < -0.3 is 14.8 Å². The van der Waals surface area contributed by atoms with E-state index in [0.717, 1.165) is 17.7 Å². The summed E-state index contributed by atoms with van der Waals surface area (Å²) in [4.78, 5) is 12.0. The van der Waals surface area contributed by atoms with Gasteiger partial charge in [0.15, 0.2) is 0 Å². The van der Waals surface area contributed by atoms with Crippen LogP contribution in [0.5, 0.6) is 5.75 Å². The van der Waals surface area contributed by atoms with E-state index in [0.29, 0.717) is 31.7 Å². The summed E-state index contributed by atoms with van der Waals surface area (Å²) in [7, 11) is 1.62. The molecule has 0 aliphatic carbocycles. The van der Waals surface area contributed by atoms with Crippen molar-refractivity contribution in [3.05, 3.63) is 42.0 Å². The molecule has 0 aliphatic rings. The Balaban J connectivity index is 2.59. The first-order valence-corrected chi connectivity index (χ1v) is 6.86. The molecule has 4 nitrogen and oxygen atoms in total. The third kappa shape index (κ3) is 5.05. The molecule has 0 fully saturated rings. The Bertz CT molecular complexity index is 443. The first kappa shape index (κ1) is 16.2. The molecule has 1 aromatic rings. The molecule has 0 aromatic heterocycles. The number of hydrogen-bond acceptors (Lipinski definition) is 3. The second kappa shape index (κ2) is 9.15. The number of nitrogens with one attached hydrogen (secondary N) is 1. The van der Waals surface area contributed by atoms with Crippen LogP contribution in [0.1, 0.15) is 29.3 Å². The minimum atomic E-state index is -0.0746. The van der Waals surface area contributed by atoms with E-state index in [4.69, 9.17) is 9.47 Å². The minimum Gasteiger partial charge on any atom is -0.496 e. The number of rotatable bonds is 9. The fourth-order valence-corrected chi connectivity index (χ4v) is 1.86. The van der Waals surface area contributed by atoms with Crippen molar-refractivity contribution in [3.8, 4) is 5.75 Å². The normalized spacial score (nSPS) is 10.1. The van der Waals surface area contributed by atoms with Crippen LogP contribution in [-0.4, -0.2) is 32.8 Å². The molecule has 0 saturated carbocycles. The van der Waals surface area contributed by atoms with Crippen molar-refractivity contribution in [2.45, 2.75) is 19.8 Å². The van der Waals surface area contributed by atoms with Crippen LogP contribution in [0.15, 0.2) is 30.9 Å². The Hall–Kier alpha value is -1.81. The van der Waals surface area contributed by atoms with E-state index >= 15 is 0 Å². The Kier molecular flexibility index (Phi) is 7.43. The van der Waals surface area contributed by atoms with Crippen LogP contribution >= 0.6 is 0 Å². The van der Waals surface area contributed by atoms with E-state index < -0.39 is 0 Å². The quantitative estimate of drug-likeness (QED) is 0.557. The van der Waals surface area contributed by atoms with Gasteiger partial charge in [0.1, 0.15) is 5.75 Å². The maximum Gasteiger partial charge on any atom is 0.251 e. The zero-order valence-corrected chi connectivity index (χ0v) is 12.3. The average molecular weight is 277 g/mol. The van der Waals surface area contributed by atoms with E-state index in [1.807, 2.05) is 19.1 Å². The summed E-state index contributed by atoms with van der Waals surface area (Å²) in [5.74, 6) is 0.701. The van der Waals surface area contributed by atoms with Crippen LogP contribution in [-0.2, 0) is 11.2 Å². The van der Waals surface area contributed by atoms with E-state index in [9.17, 15) is 4.79 Å². The van der Waals surface area contributed by atoms with Gasteiger partial charge in [-0.15, -0.1) is 6.58 Å². The summed E-state index contributed by atoms with van der Waals surface area (Å²) in [6.07, 6.45) is 3.28. The smallest absolute Gasteiger partial charge is 0.251 e. The molecule has 110 valence electrons. The number of allylic oxidation sites excluding steroid dienone is 1. The van der Waals surface area contributed by atoms with E-state index in [1.165, 1.54) is 0 Å². The maximum atomic E-state index is 12.0. The highest BCUT2D eigenvalue weighted by atomic mass is 16.5. The largest absolute Gasteiger partial charge is 0.496 e. The summed E-state index contributed by atoms with van der Waals surface area (Å²) in [5, 5.41) is 2.88. The van der Waals surface area contributed by atoms with Gasteiger partial charge in [-0.3, -0.25) is 4.79 Å². The van der Waals surface area contributed by atoms with Crippen molar-refractivity contribution in [2.75, 3.05) is 26.9 Å². The number of benzene rings is 1. The molecule has 20 heavy (non-hydrogen) atoms. The lowest BCUT2D eigenvalue weighted by atomic mass is 10.1. The van der Waals surface area contributed by atoms with Crippen LogP contribution < -0.4 is 10.1 Å². The molecular weight excluding hydrogens is 254 g/mol. The fourth-order valence-electron chi connectivity index (χ4n) is 1.86. The number of hydrogen-bond donors (Lipinski definition) is 1. The molecule has 0 heterocycles. The Labute approximate surface area is 120 Å². The Morgan fingerprint density at radius 3 is 2.90 bits per heavy atom. The summed E-state index contributed by atoms with van der Waals surface area (Å²) in [6.45, 7) is 7.66. The highest BCUT2D eigenvalue weighted by Crippen LogP contribution is 2.20. The van der Waals surface area contributed by atoms with Crippen LogP contribution in [0.3, 0.4) is 0 Å². The van der Waals surface area contributed by atoms with E-state index in [1.54, 1.807) is 19.3 Å². The molecular formula is C16H23NO3. The standard InChI is InChI=1S/C16H23NO3/c1-4-7-13-12-14(8-9-15(13)19-3)16(18)17-10-6-11-20-5-2/h4,8-9,12H,1,5-7,10-11H2,2-3H3,(H,17,18). The first-order valence-electron chi connectivity index (χ1n) is 6.86. The van der Waals surface area contributed by atoms with Gasteiger partial charge in [0, 0.05) is 25.3 Å². The number of amides is 1. The van der Waals surface area contributed by atoms with Crippen molar-refractivity contribution in [1.29, 1.82) is 0 Å². The second-order valence-corrected chi connectivity index (χ2v) is 4.33. The minimum absolute atomic E-state index is 0.0746. The molecule has 1 N–H and O–H groups in total. The SMILES string of the molecule is C=CCc1cc(C(=O)NCCCOCC)ccc1OC. The molecule has 0 saturated heterocycles. The summed E-state index contributed by atoms with van der Waals surface area (Å²) < 4.78 is 10.5. The topological polar surface area (TPSA) is 47.6 Å². The first-order chi connectivity index (χ1) is 9.72. The van der Waals surface area contributed by atoms with Crippen molar-refractivity contribution in [3.63, 3.8) is 0 Å². The van der Waals surface area contributed by atoms with Gasteiger partial charge >= 0.3 is 0 Å². The molecule has 0 spiro atoms. The zero-order valence-electron chi connectivity index (χ0n) is 12.3. The molecule has 0 unspecified atom stereocenters. The predicted molar refractivity (Wildman–Crippen MR) is 80.3 cm³/mol. The summed E-state index contributed by atoms with van der Waals surface area (Å²) in [5.41, 5.74) is 1.60. The molecule has 1 amide bonds. The molecule has 0 radical (unpaired) electrons. The zero-order chi connectivity index (χ0) is 14.8. The highest BCUT2D eigenvalue weighted by molar-refractivity contribution is 5.94. The van der Waals surface area contributed by atoms with Gasteiger partial charge in [0.2, 0.25) is 0 Å². The van der Waals surface area contributed by atoms with Crippen molar-refractivity contribution in [1.82, 2.24) is 5.32 Å². The lowest BCUT2D eigenvalue weighted by Gasteiger charge is -2.10. The Morgan fingerprint density at radius 2 is 2.25 bits per heavy atom. The molecule has 4 heteroatoms. The number of carbonyl (C=O) groups is 1. The average Bonchev–Trinajstić information content (AvgIpc) is 2.47. The molecule has 1 aromatic carbocycles. The highest BCUT2D eigenvalue weighted by Gasteiger charge is 2.09. The lowest BCUT2D eigenvalue weighted by molar-refractivity contribution is 0.0944. The number of methoxy groups -OCH3 is 1. The second-order valence-electron chi connectivity index (χ2n) is 4.33.